The Balaban J connectivity index is 1.52. The van der Waals surface area contributed by atoms with Crippen LogP contribution in [0.3, 0.4) is 0 Å². The smallest absolute Gasteiger partial charge is 0.265 e. The fourth-order valence-electron chi connectivity index (χ4n) is 2.61. The Bertz CT molecular complexity index is 1080. The second kappa shape index (κ2) is 6.52. The molecule has 0 bridgehead atoms. The fraction of sp³-hybridized carbons (Fsp3) is 0.0526. The number of benzene rings is 2. The molecule has 25 heavy (non-hydrogen) atoms. The monoisotopic (exact) mass is 328 g/mol. The van der Waals surface area contributed by atoms with Gasteiger partial charge in [-0.15, -0.1) is 10.2 Å². The van der Waals surface area contributed by atoms with Gasteiger partial charge in [-0.3, -0.25) is 0 Å². The van der Waals surface area contributed by atoms with E-state index in [1.165, 1.54) is 0 Å². The molecule has 0 saturated carbocycles. The van der Waals surface area contributed by atoms with Gasteiger partial charge in [-0.1, -0.05) is 54.6 Å². The van der Waals surface area contributed by atoms with Crippen LogP contribution in [0.15, 0.2) is 65.3 Å². The highest BCUT2D eigenvalue weighted by Gasteiger charge is 2.07. The summed E-state index contributed by atoms with van der Waals surface area (Å²) in [6, 6.07) is 18.0. The third-order valence-corrected chi connectivity index (χ3v) is 3.75. The number of hydrogen-bond acceptors (Lipinski definition) is 5. The van der Waals surface area contributed by atoms with Gasteiger partial charge in [-0.05, 0) is 24.1 Å². The molecule has 122 valence electrons. The number of nitrogens with zero attached hydrogens (tertiary/aromatic N) is 4. The van der Waals surface area contributed by atoms with Crippen LogP contribution in [0.4, 0.5) is 5.95 Å². The predicted octanol–water partition coefficient (Wildman–Crippen LogP) is 4.01. The van der Waals surface area contributed by atoms with E-state index in [0.717, 1.165) is 27.6 Å². The van der Waals surface area contributed by atoms with Gasteiger partial charge in [0.25, 0.3) is 5.95 Å². The summed E-state index contributed by atoms with van der Waals surface area (Å²) >= 11 is 0. The van der Waals surface area contributed by atoms with Crippen LogP contribution in [0.1, 0.15) is 12.5 Å². The number of allylic oxidation sites excluding steroid dienone is 1. The molecule has 2 heterocycles. The molecule has 0 atom stereocenters. The Morgan fingerprint density at radius 3 is 2.72 bits per heavy atom. The van der Waals surface area contributed by atoms with Crippen LogP contribution < -0.4 is 5.43 Å². The van der Waals surface area contributed by atoms with Gasteiger partial charge in [0.15, 0.2) is 5.65 Å². The Morgan fingerprint density at radius 2 is 1.84 bits per heavy atom. The number of hydrogen-bond donors (Lipinski definition) is 2. The minimum absolute atomic E-state index is 0.350. The number of fused-ring (bicyclic) bond motifs is 3. The largest absolute Gasteiger partial charge is 0.338 e. The number of nitrogens with one attached hydrogen (secondary N) is 2. The Morgan fingerprint density at radius 1 is 1.04 bits per heavy atom. The summed E-state index contributed by atoms with van der Waals surface area (Å²) in [5, 5.41) is 13.5. The van der Waals surface area contributed by atoms with Gasteiger partial charge in [-0.25, -0.2) is 5.43 Å². The summed E-state index contributed by atoms with van der Waals surface area (Å²) in [7, 11) is 0. The Kier molecular flexibility index (Phi) is 3.92. The van der Waals surface area contributed by atoms with E-state index in [9.17, 15) is 0 Å². The first kappa shape index (κ1) is 15.0. The maximum Gasteiger partial charge on any atom is 0.265 e. The molecule has 0 aliphatic rings. The molecule has 0 unspecified atom stereocenters. The van der Waals surface area contributed by atoms with Gasteiger partial charge in [0, 0.05) is 10.9 Å². The number of para-hydroxylation sites is 1. The average molecular weight is 328 g/mol. The van der Waals surface area contributed by atoms with E-state index in [1.807, 2.05) is 67.6 Å². The zero-order valence-corrected chi connectivity index (χ0v) is 13.6. The molecule has 0 aliphatic carbocycles. The molecule has 2 aromatic heterocycles. The van der Waals surface area contributed by atoms with Crippen molar-refractivity contribution >= 4 is 40.3 Å². The summed E-state index contributed by atoms with van der Waals surface area (Å²) in [6.45, 7) is 1.98. The van der Waals surface area contributed by atoms with Crippen LogP contribution >= 0.6 is 0 Å². The normalized spacial score (nSPS) is 12.3. The van der Waals surface area contributed by atoms with Crippen molar-refractivity contribution in [1.29, 1.82) is 0 Å². The average Bonchev–Trinajstić information content (AvgIpc) is 3.00. The van der Waals surface area contributed by atoms with Crippen molar-refractivity contribution in [2.75, 3.05) is 5.43 Å². The lowest BCUT2D eigenvalue weighted by atomic mass is 10.1. The van der Waals surface area contributed by atoms with E-state index in [0.29, 0.717) is 11.6 Å². The number of rotatable bonds is 4. The number of aromatic nitrogens is 4. The van der Waals surface area contributed by atoms with Gasteiger partial charge in [0.05, 0.1) is 6.21 Å². The van der Waals surface area contributed by atoms with E-state index < -0.39 is 0 Å². The number of anilines is 1. The quantitative estimate of drug-likeness (QED) is 0.438. The van der Waals surface area contributed by atoms with Crippen LogP contribution in [-0.4, -0.2) is 26.4 Å². The predicted molar refractivity (Wildman–Crippen MR) is 101 cm³/mol. The highest BCUT2D eigenvalue weighted by molar-refractivity contribution is 6.03. The lowest BCUT2D eigenvalue weighted by Gasteiger charge is -1.98. The van der Waals surface area contributed by atoms with Gasteiger partial charge in [0.1, 0.15) is 5.52 Å². The first-order valence-corrected chi connectivity index (χ1v) is 7.93. The molecule has 6 heteroatoms. The van der Waals surface area contributed by atoms with Crippen molar-refractivity contribution in [1.82, 2.24) is 20.2 Å². The molecule has 0 saturated heterocycles. The Labute approximate surface area is 144 Å². The van der Waals surface area contributed by atoms with E-state index in [1.54, 1.807) is 6.21 Å². The van der Waals surface area contributed by atoms with Crippen molar-refractivity contribution in [3.8, 4) is 0 Å². The second-order valence-corrected chi connectivity index (χ2v) is 5.67. The zero-order valence-electron chi connectivity index (χ0n) is 13.6. The van der Waals surface area contributed by atoms with Crippen LogP contribution in [-0.2, 0) is 0 Å². The molecule has 0 radical (unpaired) electrons. The highest BCUT2D eigenvalue weighted by Crippen LogP contribution is 2.21. The van der Waals surface area contributed by atoms with Gasteiger partial charge in [-0.2, -0.15) is 10.1 Å². The van der Waals surface area contributed by atoms with Gasteiger partial charge < -0.3 is 4.98 Å². The van der Waals surface area contributed by atoms with E-state index >= 15 is 0 Å². The van der Waals surface area contributed by atoms with Crippen molar-refractivity contribution in [2.24, 2.45) is 5.10 Å². The van der Waals surface area contributed by atoms with Crippen molar-refractivity contribution < 1.29 is 0 Å². The van der Waals surface area contributed by atoms with Crippen molar-refractivity contribution in [3.63, 3.8) is 0 Å². The third-order valence-electron chi connectivity index (χ3n) is 3.75. The fourth-order valence-corrected chi connectivity index (χ4v) is 2.61. The van der Waals surface area contributed by atoms with E-state index in [-0.39, 0.29) is 0 Å². The first-order chi connectivity index (χ1) is 12.3. The summed E-state index contributed by atoms with van der Waals surface area (Å²) in [4.78, 5) is 7.65. The summed E-state index contributed by atoms with van der Waals surface area (Å²) in [5.41, 5.74) is 7.39. The summed E-state index contributed by atoms with van der Waals surface area (Å²) in [5.74, 6) is 0.350. The molecule has 6 nitrogen and oxygen atoms in total. The molecular formula is C19H16N6. The zero-order chi connectivity index (χ0) is 17.1. The van der Waals surface area contributed by atoms with Crippen LogP contribution in [0.5, 0.6) is 0 Å². The maximum absolute atomic E-state index is 4.42. The minimum Gasteiger partial charge on any atom is -0.338 e. The molecule has 2 N–H and O–H groups in total. The number of aromatic amines is 1. The van der Waals surface area contributed by atoms with E-state index in [2.05, 4.69) is 30.7 Å². The maximum atomic E-state index is 4.42. The first-order valence-electron chi connectivity index (χ1n) is 7.93. The van der Waals surface area contributed by atoms with Crippen LogP contribution in [0.25, 0.3) is 28.1 Å². The standard InChI is InChI=1S/C19H16N6/c1-13(11-14-7-3-2-4-8-14)12-20-24-19-22-18-17(23-25-19)15-9-5-6-10-16(15)21-18/h2-12H,1H3,(H2,21,22,24,25)/b13-11+,20-12-. The molecule has 4 rings (SSSR count). The van der Waals surface area contributed by atoms with Gasteiger partial charge in [0.2, 0.25) is 0 Å². The highest BCUT2D eigenvalue weighted by atomic mass is 15.4. The van der Waals surface area contributed by atoms with Crippen LogP contribution in [0.2, 0.25) is 0 Å². The number of H-pyrrole nitrogens is 1. The van der Waals surface area contributed by atoms with Crippen molar-refractivity contribution in [2.45, 2.75) is 6.92 Å². The van der Waals surface area contributed by atoms with Gasteiger partial charge >= 0.3 is 0 Å². The lowest BCUT2D eigenvalue weighted by Crippen LogP contribution is -1.98. The molecule has 0 aliphatic heterocycles. The molecule has 0 fully saturated rings. The minimum atomic E-state index is 0.350. The third kappa shape index (κ3) is 3.23. The Hall–Kier alpha value is -3.54. The lowest BCUT2D eigenvalue weighted by molar-refractivity contribution is 1.01. The topological polar surface area (TPSA) is 78.8 Å². The van der Waals surface area contributed by atoms with E-state index in [4.69, 9.17) is 0 Å². The van der Waals surface area contributed by atoms with Crippen molar-refractivity contribution in [3.05, 3.63) is 65.7 Å². The molecular weight excluding hydrogens is 312 g/mol. The molecule has 4 aromatic rings. The SMILES string of the molecule is CC(/C=N\Nc1nnc2c(n1)[nH]c1ccccc12)=C\c1ccccc1. The second-order valence-electron chi connectivity index (χ2n) is 5.67. The summed E-state index contributed by atoms with van der Waals surface area (Å²) in [6.07, 6.45) is 3.77. The number of hydrazone groups is 1. The molecule has 0 spiro atoms. The molecule has 0 amide bonds. The summed E-state index contributed by atoms with van der Waals surface area (Å²) < 4.78 is 0. The molecule has 2 aromatic carbocycles. The van der Waals surface area contributed by atoms with Crippen LogP contribution in [0, 0.1) is 0 Å².